The summed E-state index contributed by atoms with van der Waals surface area (Å²) in [5, 5.41) is 11.5. The molecule has 0 radical (unpaired) electrons. The number of aromatic carboxylic acids is 1. The Labute approximate surface area is 120 Å². The topological polar surface area (TPSA) is 113 Å². The SMILES string of the molecule is CC(NS(=O)(=O)c1ccc(C(=O)O)s1)C(=O)NC1CC1. The molecule has 7 nitrogen and oxygen atoms in total. The van der Waals surface area contributed by atoms with E-state index in [0.29, 0.717) is 11.3 Å². The fourth-order valence-corrected chi connectivity index (χ4v) is 3.84. The highest BCUT2D eigenvalue weighted by Crippen LogP contribution is 2.22. The zero-order valence-electron chi connectivity index (χ0n) is 10.6. The fourth-order valence-electron chi connectivity index (χ4n) is 1.48. The van der Waals surface area contributed by atoms with Gasteiger partial charge in [-0.2, -0.15) is 4.72 Å². The number of carbonyl (C=O) groups is 2. The van der Waals surface area contributed by atoms with Crippen LogP contribution >= 0.6 is 11.3 Å². The van der Waals surface area contributed by atoms with Crippen molar-refractivity contribution in [3.63, 3.8) is 0 Å². The van der Waals surface area contributed by atoms with Gasteiger partial charge in [0.2, 0.25) is 5.91 Å². The number of thiophene rings is 1. The second kappa shape index (κ2) is 5.51. The quantitative estimate of drug-likeness (QED) is 0.702. The predicted molar refractivity (Wildman–Crippen MR) is 72.2 cm³/mol. The van der Waals surface area contributed by atoms with Crippen LogP contribution in [0.2, 0.25) is 0 Å². The summed E-state index contributed by atoms with van der Waals surface area (Å²) in [4.78, 5) is 22.3. The van der Waals surface area contributed by atoms with E-state index < -0.39 is 22.0 Å². The molecule has 110 valence electrons. The van der Waals surface area contributed by atoms with Gasteiger partial charge >= 0.3 is 5.97 Å². The average molecular weight is 318 g/mol. The molecule has 0 aromatic carbocycles. The van der Waals surface area contributed by atoms with E-state index >= 15 is 0 Å². The van der Waals surface area contributed by atoms with Crippen LogP contribution in [-0.2, 0) is 14.8 Å². The molecule has 20 heavy (non-hydrogen) atoms. The molecular formula is C11H14N2O5S2. The van der Waals surface area contributed by atoms with Gasteiger partial charge in [0.05, 0.1) is 6.04 Å². The van der Waals surface area contributed by atoms with Crippen molar-refractivity contribution in [2.45, 2.75) is 36.1 Å². The summed E-state index contributed by atoms with van der Waals surface area (Å²) in [6, 6.07) is 1.67. The second-order valence-electron chi connectivity index (χ2n) is 4.55. The smallest absolute Gasteiger partial charge is 0.345 e. The summed E-state index contributed by atoms with van der Waals surface area (Å²) in [7, 11) is -3.89. The molecule has 1 heterocycles. The van der Waals surface area contributed by atoms with Crippen molar-refractivity contribution in [1.82, 2.24) is 10.0 Å². The lowest BCUT2D eigenvalue weighted by Gasteiger charge is -2.13. The predicted octanol–water partition coefficient (Wildman–Crippen LogP) is 0.392. The Bertz CT molecular complexity index is 633. The highest BCUT2D eigenvalue weighted by Gasteiger charge is 2.28. The summed E-state index contributed by atoms with van der Waals surface area (Å²) < 4.78 is 26.1. The zero-order valence-corrected chi connectivity index (χ0v) is 12.3. The molecule has 9 heteroatoms. The number of hydrogen-bond donors (Lipinski definition) is 3. The third-order valence-electron chi connectivity index (χ3n) is 2.71. The number of rotatable bonds is 6. The van der Waals surface area contributed by atoms with Crippen molar-refractivity contribution in [3.8, 4) is 0 Å². The minimum Gasteiger partial charge on any atom is -0.477 e. The van der Waals surface area contributed by atoms with Crippen molar-refractivity contribution in [3.05, 3.63) is 17.0 Å². The van der Waals surface area contributed by atoms with E-state index in [4.69, 9.17) is 5.11 Å². The molecule has 1 unspecified atom stereocenters. The number of hydrogen-bond acceptors (Lipinski definition) is 5. The molecule has 1 aliphatic rings. The van der Waals surface area contributed by atoms with Crippen LogP contribution in [0, 0.1) is 0 Å². The van der Waals surface area contributed by atoms with Crippen LogP contribution < -0.4 is 10.0 Å². The molecule has 1 amide bonds. The molecular weight excluding hydrogens is 304 g/mol. The van der Waals surface area contributed by atoms with Crippen LogP contribution in [0.1, 0.15) is 29.4 Å². The first-order chi connectivity index (χ1) is 9.29. The van der Waals surface area contributed by atoms with Gasteiger partial charge in [0.15, 0.2) is 0 Å². The van der Waals surface area contributed by atoms with Gasteiger partial charge in [0.1, 0.15) is 9.09 Å². The number of carboxylic acids is 1. The molecule has 1 fully saturated rings. The number of carbonyl (C=O) groups excluding carboxylic acids is 1. The van der Waals surface area contributed by atoms with E-state index in [1.807, 2.05) is 0 Å². The molecule has 0 saturated heterocycles. The van der Waals surface area contributed by atoms with Crippen molar-refractivity contribution in [2.24, 2.45) is 0 Å². The lowest BCUT2D eigenvalue weighted by atomic mass is 10.3. The monoisotopic (exact) mass is 318 g/mol. The van der Waals surface area contributed by atoms with Crippen LogP contribution in [-0.4, -0.2) is 37.5 Å². The Morgan fingerprint density at radius 1 is 1.40 bits per heavy atom. The summed E-state index contributed by atoms with van der Waals surface area (Å²) in [5.41, 5.74) is 0. The molecule has 1 atom stereocenters. The highest BCUT2D eigenvalue weighted by molar-refractivity contribution is 7.91. The van der Waals surface area contributed by atoms with Gasteiger partial charge in [-0.3, -0.25) is 4.79 Å². The maximum atomic E-state index is 12.0. The summed E-state index contributed by atoms with van der Waals surface area (Å²) in [5.74, 6) is -1.57. The second-order valence-corrected chi connectivity index (χ2v) is 7.57. The molecule has 1 aromatic rings. The van der Waals surface area contributed by atoms with Crippen molar-refractivity contribution in [1.29, 1.82) is 0 Å². The third kappa shape index (κ3) is 3.56. The van der Waals surface area contributed by atoms with Gasteiger partial charge in [-0.15, -0.1) is 11.3 Å². The molecule has 1 aliphatic carbocycles. The van der Waals surface area contributed by atoms with E-state index in [0.717, 1.165) is 12.8 Å². The number of carboxylic acid groups (broad SMARTS) is 1. The van der Waals surface area contributed by atoms with Crippen LogP contribution in [0.25, 0.3) is 0 Å². The molecule has 0 aliphatic heterocycles. The Kier molecular flexibility index (Phi) is 4.11. The maximum absolute atomic E-state index is 12.0. The number of amides is 1. The Morgan fingerprint density at radius 3 is 2.55 bits per heavy atom. The van der Waals surface area contributed by atoms with E-state index in [-0.39, 0.29) is 21.0 Å². The number of nitrogens with one attached hydrogen (secondary N) is 2. The van der Waals surface area contributed by atoms with Crippen molar-refractivity contribution >= 4 is 33.2 Å². The summed E-state index contributed by atoms with van der Waals surface area (Å²) in [6.45, 7) is 1.45. The van der Waals surface area contributed by atoms with Gasteiger partial charge in [-0.1, -0.05) is 0 Å². The van der Waals surface area contributed by atoms with Crippen molar-refractivity contribution < 1.29 is 23.1 Å². The molecule has 1 saturated carbocycles. The molecule has 0 spiro atoms. The van der Waals surface area contributed by atoms with Crippen LogP contribution in [0.4, 0.5) is 0 Å². The Balaban J connectivity index is 2.05. The largest absolute Gasteiger partial charge is 0.477 e. The van der Waals surface area contributed by atoms with Crippen molar-refractivity contribution in [2.75, 3.05) is 0 Å². The van der Waals surface area contributed by atoms with Crippen LogP contribution in [0.5, 0.6) is 0 Å². The lowest BCUT2D eigenvalue weighted by molar-refractivity contribution is -0.122. The Morgan fingerprint density at radius 2 is 2.05 bits per heavy atom. The average Bonchev–Trinajstić information content (AvgIpc) is 3.00. The lowest BCUT2D eigenvalue weighted by Crippen LogP contribution is -2.45. The number of sulfonamides is 1. The minimum absolute atomic E-state index is 0.0690. The maximum Gasteiger partial charge on any atom is 0.345 e. The summed E-state index contributed by atoms with van der Waals surface area (Å²) in [6.07, 6.45) is 1.83. The zero-order chi connectivity index (χ0) is 14.9. The third-order valence-corrected chi connectivity index (χ3v) is 5.81. The van der Waals surface area contributed by atoms with Gasteiger partial charge in [-0.05, 0) is 31.9 Å². The van der Waals surface area contributed by atoms with Gasteiger partial charge in [0.25, 0.3) is 10.0 Å². The molecule has 1 aromatic heterocycles. The van der Waals surface area contributed by atoms with Gasteiger partial charge in [-0.25, -0.2) is 13.2 Å². The van der Waals surface area contributed by atoms with Crippen LogP contribution in [0.3, 0.4) is 0 Å². The highest BCUT2D eigenvalue weighted by atomic mass is 32.2. The molecule has 0 bridgehead atoms. The minimum atomic E-state index is -3.89. The van der Waals surface area contributed by atoms with Crippen LogP contribution in [0.15, 0.2) is 16.3 Å². The first-order valence-corrected chi connectivity index (χ1v) is 8.25. The standard InChI is InChI=1S/C11H14N2O5S2/c1-6(10(14)12-7-2-3-7)13-20(17,18)9-5-4-8(19-9)11(15)16/h4-7,13H,2-3H2,1H3,(H,12,14)(H,15,16). The van der Waals surface area contributed by atoms with E-state index in [9.17, 15) is 18.0 Å². The molecule has 3 N–H and O–H groups in total. The first-order valence-electron chi connectivity index (χ1n) is 5.95. The van der Waals surface area contributed by atoms with Gasteiger partial charge in [0, 0.05) is 6.04 Å². The van der Waals surface area contributed by atoms with E-state index in [2.05, 4.69) is 10.0 Å². The molecule has 2 rings (SSSR count). The first kappa shape index (κ1) is 14.9. The van der Waals surface area contributed by atoms with Gasteiger partial charge < -0.3 is 10.4 Å². The normalized spacial score (nSPS) is 16.6. The fraction of sp³-hybridized carbons (Fsp3) is 0.455. The Hall–Kier alpha value is -1.45. The summed E-state index contributed by atoms with van der Waals surface area (Å²) >= 11 is 0.646. The van der Waals surface area contributed by atoms with E-state index in [1.165, 1.54) is 19.1 Å². The van der Waals surface area contributed by atoms with E-state index in [1.54, 1.807) is 0 Å².